The van der Waals surface area contributed by atoms with E-state index in [1.807, 2.05) is 77.8 Å². The Bertz CT molecular complexity index is 1050. The van der Waals surface area contributed by atoms with Crippen molar-refractivity contribution in [3.8, 4) is 0 Å². The lowest BCUT2D eigenvalue weighted by Crippen LogP contribution is -2.27. The first kappa shape index (κ1) is 20.0. The van der Waals surface area contributed by atoms with Crippen molar-refractivity contribution in [2.24, 2.45) is 0 Å². The number of benzene rings is 3. The van der Waals surface area contributed by atoms with Crippen molar-refractivity contribution in [2.75, 3.05) is 0 Å². The fourth-order valence-corrected chi connectivity index (χ4v) is 4.24. The molecule has 1 aromatic heterocycles. The molecule has 30 heavy (non-hydrogen) atoms. The van der Waals surface area contributed by atoms with Gasteiger partial charge in [0.2, 0.25) is 5.91 Å². The Morgan fingerprint density at radius 3 is 2.23 bits per heavy atom. The third-order valence-electron chi connectivity index (χ3n) is 4.75. The minimum Gasteiger partial charge on any atom is -0.351 e. The van der Waals surface area contributed by atoms with Gasteiger partial charge in [0.15, 0.2) is 0 Å². The first-order valence-corrected chi connectivity index (χ1v) is 10.7. The van der Waals surface area contributed by atoms with Crippen LogP contribution in [0.5, 0.6) is 0 Å². The van der Waals surface area contributed by atoms with E-state index in [0.29, 0.717) is 6.54 Å². The summed E-state index contributed by atoms with van der Waals surface area (Å²) in [6.45, 7) is 1.29. The fraction of sp³-hybridized carbons (Fsp3) is 0.120. The van der Waals surface area contributed by atoms with Crippen molar-refractivity contribution in [3.63, 3.8) is 0 Å². The number of nitrogens with zero attached hydrogens (tertiary/aromatic N) is 2. The number of nitrogens with one attached hydrogen (secondary N) is 1. The number of amides is 1. The van der Waals surface area contributed by atoms with E-state index < -0.39 is 0 Å². The van der Waals surface area contributed by atoms with Crippen molar-refractivity contribution in [3.05, 3.63) is 120 Å². The van der Waals surface area contributed by atoms with E-state index in [1.165, 1.54) is 5.56 Å². The molecule has 4 aromatic rings. The zero-order valence-electron chi connectivity index (χ0n) is 16.5. The van der Waals surface area contributed by atoms with Crippen LogP contribution in [0.4, 0.5) is 0 Å². The number of hydrogen-bond acceptors (Lipinski definition) is 3. The molecule has 4 rings (SSSR count). The summed E-state index contributed by atoms with van der Waals surface area (Å²) in [5, 5.41) is 2.81. The summed E-state index contributed by atoms with van der Waals surface area (Å²) in [7, 11) is 0. The van der Waals surface area contributed by atoms with Crippen LogP contribution in [0.2, 0.25) is 0 Å². The lowest BCUT2D eigenvalue weighted by Gasteiger charge is -2.17. The first-order valence-electron chi connectivity index (χ1n) is 9.86. The highest BCUT2D eigenvalue weighted by molar-refractivity contribution is 8.00. The largest absolute Gasteiger partial charge is 0.351 e. The summed E-state index contributed by atoms with van der Waals surface area (Å²) in [4.78, 5) is 18.2. The molecule has 0 aliphatic rings. The average Bonchev–Trinajstić information content (AvgIpc) is 3.31. The molecule has 0 radical (unpaired) electrons. The molecule has 0 fully saturated rings. The maximum Gasteiger partial charge on any atom is 0.238 e. The van der Waals surface area contributed by atoms with E-state index in [2.05, 4.69) is 34.6 Å². The van der Waals surface area contributed by atoms with Gasteiger partial charge in [-0.1, -0.05) is 72.8 Å². The van der Waals surface area contributed by atoms with Crippen LogP contribution in [0.1, 0.15) is 21.9 Å². The summed E-state index contributed by atoms with van der Waals surface area (Å²) >= 11 is 1.57. The van der Waals surface area contributed by atoms with Gasteiger partial charge in [-0.25, -0.2) is 4.98 Å². The monoisotopic (exact) mass is 413 g/mol. The Balaban J connectivity index is 1.41. The topological polar surface area (TPSA) is 46.9 Å². The Kier molecular flexibility index (Phi) is 6.62. The van der Waals surface area contributed by atoms with Gasteiger partial charge in [0.05, 0.1) is 6.33 Å². The highest BCUT2D eigenvalue weighted by Gasteiger charge is 2.21. The molecule has 5 heteroatoms. The van der Waals surface area contributed by atoms with Gasteiger partial charge in [-0.3, -0.25) is 4.79 Å². The predicted octanol–water partition coefficient (Wildman–Crippen LogP) is 5.08. The Morgan fingerprint density at radius 2 is 1.57 bits per heavy atom. The molecular weight excluding hydrogens is 390 g/mol. The SMILES string of the molecule is O=C(NCc1ccc(Cn2ccnc2)cc1)[C@H](Sc1ccccc1)c1ccccc1. The van der Waals surface area contributed by atoms with E-state index in [9.17, 15) is 4.79 Å². The van der Waals surface area contributed by atoms with Crippen LogP contribution in [-0.2, 0) is 17.9 Å². The smallest absolute Gasteiger partial charge is 0.238 e. The van der Waals surface area contributed by atoms with Crippen LogP contribution in [0.25, 0.3) is 0 Å². The minimum atomic E-state index is -0.297. The molecule has 0 aliphatic carbocycles. The lowest BCUT2D eigenvalue weighted by molar-refractivity contribution is -0.120. The second-order valence-corrected chi connectivity index (χ2v) is 8.17. The molecule has 3 aromatic carbocycles. The predicted molar refractivity (Wildman–Crippen MR) is 121 cm³/mol. The molecule has 150 valence electrons. The summed E-state index contributed by atoms with van der Waals surface area (Å²) < 4.78 is 2.03. The van der Waals surface area contributed by atoms with E-state index in [0.717, 1.165) is 22.6 Å². The van der Waals surface area contributed by atoms with Crippen molar-refractivity contribution in [1.82, 2.24) is 14.9 Å². The molecule has 0 spiro atoms. The second kappa shape index (κ2) is 9.94. The molecule has 0 saturated carbocycles. The van der Waals surface area contributed by atoms with E-state index >= 15 is 0 Å². The Hall–Kier alpha value is -3.31. The molecule has 1 atom stereocenters. The standard InChI is InChI=1S/C25H23N3OS/c29-25(24(22-7-3-1-4-8-22)30-23-9-5-2-6-10-23)27-17-20-11-13-21(14-12-20)18-28-16-15-26-19-28/h1-16,19,24H,17-18H2,(H,27,29)/t24-/m1/s1. The molecule has 1 N–H and O–H groups in total. The Morgan fingerprint density at radius 1 is 0.900 bits per heavy atom. The maximum atomic E-state index is 13.1. The number of rotatable bonds is 8. The number of carbonyl (C=O) groups excluding carboxylic acids is 1. The maximum absolute atomic E-state index is 13.1. The van der Waals surface area contributed by atoms with Crippen molar-refractivity contribution < 1.29 is 4.79 Å². The average molecular weight is 414 g/mol. The van der Waals surface area contributed by atoms with Crippen LogP contribution in [-0.4, -0.2) is 15.5 Å². The van der Waals surface area contributed by atoms with Gasteiger partial charge >= 0.3 is 0 Å². The minimum absolute atomic E-state index is 0.0116. The molecule has 0 unspecified atom stereocenters. The first-order chi connectivity index (χ1) is 14.8. The van der Waals surface area contributed by atoms with Gasteiger partial charge in [-0.05, 0) is 28.8 Å². The number of hydrogen-bond donors (Lipinski definition) is 1. The second-order valence-electron chi connectivity index (χ2n) is 6.99. The third-order valence-corrected chi connectivity index (χ3v) is 6.02. The van der Waals surface area contributed by atoms with Crippen LogP contribution in [0.15, 0.2) is 109 Å². The molecular formula is C25H23N3OS. The Labute approximate surface area is 181 Å². The molecule has 1 heterocycles. The van der Waals surface area contributed by atoms with Crippen LogP contribution >= 0.6 is 11.8 Å². The number of thioether (sulfide) groups is 1. The number of aromatic nitrogens is 2. The number of imidazole rings is 1. The third kappa shape index (κ3) is 5.39. The quantitative estimate of drug-likeness (QED) is 0.410. The number of carbonyl (C=O) groups is 1. The van der Waals surface area contributed by atoms with Crippen LogP contribution in [0.3, 0.4) is 0 Å². The van der Waals surface area contributed by atoms with Crippen molar-refractivity contribution in [1.29, 1.82) is 0 Å². The van der Waals surface area contributed by atoms with Gasteiger partial charge in [0.25, 0.3) is 0 Å². The van der Waals surface area contributed by atoms with Gasteiger partial charge in [-0.2, -0.15) is 0 Å². The van der Waals surface area contributed by atoms with Gasteiger partial charge < -0.3 is 9.88 Å². The van der Waals surface area contributed by atoms with Crippen LogP contribution < -0.4 is 5.32 Å². The highest BCUT2D eigenvalue weighted by atomic mass is 32.2. The summed E-state index contributed by atoms with van der Waals surface area (Å²) in [5.41, 5.74) is 3.28. The molecule has 0 saturated heterocycles. The van der Waals surface area contributed by atoms with Crippen molar-refractivity contribution >= 4 is 17.7 Å². The van der Waals surface area contributed by atoms with Gasteiger partial charge in [0, 0.05) is 30.4 Å². The lowest BCUT2D eigenvalue weighted by atomic mass is 10.1. The normalized spacial score (nSPS) is 11.7. The molecule has 1 amide bonds. The molecule has 0 bridgehead atoms. The summed E-state index contributed by atoms with van der Waals surface area (Å²) in [5.74, 6) is 0.0116. The molecule has 4 nitrogen and oxygen atoms in total. The zero-order chi connectivity index (χ0) is 20.6. The van der Waals surface area contributed by atoms with E-state index in [4.69, 9.17) is 0 Å². The molecule has 0 aliphatic heterocycles. The van der Waals surface area contributed by atoms with Crippen LogP contribution in [0, 0.1) is 0 Å². The zero-order valence-corrected chi connectivity index (χ0v) is 17.3. The summed E-state index contributed by atoms with van der Waals surface area (Å²) in [6, 6.07) is 28.3. The van der Waals surface area contributed by atoms with Gasteiger partial charge in [-0.15, -0.1) is 11.8 Å². The highest BCUT2D eigenvalue weighted by Crippen LogP contribution is 2.35. The van der Waals surface area contributed by atoms with E-state index in [-0.39, 0.29) is 11.2 Å². The fourth-order valence-electron chi connectivity index (χ4n) is 3.17. The van der Waals surface area contributed by atoms with E-state index in [1.54, 1.807) is 18.0 Å². The van der Waals surface area contributed by atoms with Crippen molar-refractivity contribution in [2.45, 2.75) is 23.2 Å². The van der Waals surface area contributed by atoms with Gasteiger partial charge in [0.1, 0.15) is 5.25 Å². The summed E-state index contributed by atoms with van der Waals surface area (Å²) in [6.07, 6.45) is 5.53.